The molecule has 0 amide bonds. The first-order valence-corrected chi connectivity index (χ1v) is 9.62. The van der Waals surface area contributed by atoms with E-state index in [4.69, 9.17) is 13.7 Å². The molecule has 0 fully saturated rings. The van der Waals surface area contributed by atoms with Crippen LogP contribution in [0.4, 0.5) is 0 Å². The largest absolute Gasteiger partial charge is 0.295 e. The minimum Gasteiger partial charge on any atom is -0.282 e. The number of rotatable bonds is 3. The molecule has 25 heavy (non-hydrogen) atoms. The Labute approximate surface area is 210 Å². The van der Waals surface area contributed by atoms with Crippen LogP contribution in [0, 0.1) is 0 Å². The molecule has 9 nitrogen and oxygen atoms in total. The van der Waals surface area contributed by atoms with E-state index in [2.05, 4.69) is 0 Å². The Balaban J connectivity index is 0. The maximum Gasteiger partial charge on any atom is 0.295 e. The van der Waals surface area contributed by atoms with Gasteiger partial charge < -0.3 is 0 Å². The van der Waals surface area contributed by atoms with Crippen molar-refractivity contribution in [2.45, 2.75) is 14.7 Å². The van der Waals surface area contributed by atoms with Crippen molar-refractivity contribution < 1.29 is 38.9 Å². The van der Waals surface area contributed by atoms with Gasteiger partial charge in [-0.1, -0.05) is 6.07 Å². The van der Waals surface area contributed by atoms with E-state index < -0.39 is 45.0 Å². The molecular weight excluding hydrogens is 429 g/mol. The van der Waals surface area contributed by atoms with E-state index in [1.54, 1.807) is 0 Å². The molecule has 0 aliphatic rings. The molecule has 0 heterocycles. The molecule has 0 bridgehead atoms. The minimum atomic E-state index is -4.93. The Morgan fingerprint density at radius 2 is 1.08 bits per heavy atom. The molecule has 3 radical (unpaired) electrons. The summed E-state index contributed by atoms with van der Waals surface area (Å²) in [4.78, 5) is -2.38. The number of benzene rings is 2. The number of hydrogen-bond acceptors (Lipinski definition) is 6. The van der Waals surface area contributed by atoms with Gasteiger partial charge in [0.2, 0.25) is 0 Å². The van der Waals surface area contributed by atoms with Gasteiger partial charge in [-0.25, -0.2) is 0 Å². The topological polar surface area (TPSA) is 163 Å². The van der Waals surface area contributed by atoms with Crippen LogP contribution in [0.1, 0.15) is 0 Å². The zero-order valence-corrected chi connectivity index (χ0v) is 21.9. The zero-order valence-electron chi connectivity index (χ0n) is 13.4. The predicted octanol–water partition coefficient (Wildman–Crippen LogP) is -0.562. The average molecular weight is 437 g/mol. The summed E-state index contributed by atoms with van der Waals surface area (Å²) in [5, 5.41) is -0.430. The van der Waals surface area contributed by atoms with Gasteiger partial charge in [-0.05, 0) is 29.7 Å². The van der Waals surface area contributed by atoms with E-state index in [9.17, 15) is 25.3 Å². The molecule has 3 N–H and O–H groups in total. The second-order valence-electron chi connectivity index (χ2n) is 4.23. The van der Waals surface area contributed by atoms with E-state index in [1.807, 2.05) is 0 Å². The molecule has 0 saturated carbocycles. The summed E-state index contributed by atoms with van der Waals surface area (Å²) in [6.45, 7) is 0. The summed E-state index contributed by atoms with van der Waals surface area (Å²) < 4.78 is 94.2. The molecule has 15 heteroatoms. The predicted molar refractivity (Wildman–Crippen MR) is 90.7 cm³/mol. The van der Waals surface area contributed by atoms with Gasteiger partial charge in [-0.15, -0.1) is 0 Å². The summed E-state index contributed by atoms with van der Waals surface area (Å²) in [6.07, 6.45) is 0. The number of fused-ring (bicyclic) bond motifs is 1. The maximum absolute atomic E-state index is 11.4. The summed E-state index contributed by atoms with van der Waals surface area (Å²) in [7, 11) is -14.3. The van der Waals surface area contributed by atoms with Gasteiger partial charge in [-0.2, -0.15) is 25.3 Å². The molecule has 123 valence electrons. The molecule has 0 aromatic heterocycles. The summed E-state index contributed by atoms with van der Waals surface area (Å²) in [5.74, 6) is 0. The molecule has 2 aromatic rings. The smallest absolute Gasteiger partial charge is 0.282 e. The fraction of sp³-hybridized carbons (Fsp3) is 0. The van der Waals surface area contributed by atoms with Crippen LogP contribution in [-0.4, -0.2) is 128 Å². The van der Waals surface area contributed by atoms with E-state index in [-0.39, 0.29) is 99.4 Å². The van der Waals surface area contributed by atoms with E-state index in [0.717, 1.165) is 24.3 Å². The van der Waals surface area contributed by atoms with Crippen LogP contribution < -0.4 is 0 Å². The summed E-state index contributed by atoms with van der Waals surface area (Å²) in [6, 6.07) is 4.02. The normalized spacial score (nSPS) is 11.8. The van der Waals surface area contributed by atoms with Crippen molar-refractivity contribution in [1.82, 2.24) is 0 Å². The third-order valence-corrected chi connectivity index (χ3v) is 5.31. The fourth-order valence-corrected chi connectivity index (χ4v) is 3.65. The Morgan fingerprint density at radius 1 is 0.600 bits per heavy atom. The van der Waals surface area contributed by atoms with Crippen molar-refractivity contribution in [3.63, 3.8) is 0 Å². The van der Waals surface area contributed by atoms with Gasteiger partial charge in [0.15, 0.2) is 0 Å². The Morgan fingerprint density at radius 3 is 1.48 bits per heavy atom. The van der Waals surface area contributed by atoms with Crippen LogP contribution in [0.25, 0.3) is 10.8 Å². The van der Waals surface area contributed by atoms with Crippen molar-refractivity contribution in [2.24, 2.45) is 0 Å². The molecule has 0 aliphatic heterocycles. The molecule has 2 aromatic carbocycles. The number of hydrogen-bond donors (Lipinski definition) is 3. The van der Waals surface area contributed by atoms with Crippen LogP contribution in [0.3, 0.4) is 0 Å². The van der Waals surface area contributed by atoms with Gasteiger partial charge in [0.1, 0.15) is 4.90 Å². The molecule has 0 aliphatic carbocycles. The van der Waals surface area contributed by atoms with Crippen molar-refractivity contribution in [1.29, 1.82) is 0 Å². The van der Waals surface area contributed by atoms with Gasteiger partial charge in [0.25, 0.3) is 30.4 Å². The quantitative estimate of drug-likeness (QED) is 0.422. The first kappa shape index (κ1) is 28.6. The summed E-state index contributed by atoms with van der Waals surface area (Å²) in [5.41, 5.74) is 0. The Kier molecular flexibility index (Phi) is 11.2. The minimum absolute atomic E-state index is 0. The van der Waals surface area contributed by atoms with Crippen LogP contribution in [-0.2, 0) is 30.4 Å². The van der Waals surface area contributed by atoms with Crippen LogP contribution in [0.2, 0.25) is 0 Å². The maximum atomic E-state index is 11.4. The first-order chi connectivity index (χ1) is 9.80. The standard InChI is InChI=1S/C10H8O9S3.3Na/c11-20(12,13)7-2-1-6-3-8(21(14,15)16)5-10(9(6)4-7)22(17,18)19;;;/h1-5H,(H,11,12,13)(H,14,15,16)(H,17,18,19);;;. The van der Waals surface area contributed by atoms with Gasteiger partial charge in [-0.3, -0.25) is 13.7 Å². The van der Waals surface area contributed by atoms with Gasteiger partial charge in [0, 0.05) is 94.1 Å². The second kappa shape index (κ2) is 9.76. The van der Waals surface area contributed by atoms with Crippen LogP contribution >= 0.6 is 0 Å². The van der Waals surface area contributed by atoms with Crippen molar-refractivity contribution in [3.8, 4) is 0 Å². The molecule has 2 rings (SSSR count). The Hall–Kier alpha value is 1.43. The molecule has 0 unspecified atom stereocenters. The fourth-order valence-electron chi connectivity index (χ4n) is 1.80. The molecular formula is C10H8Na3O9S3. The van der Waals surface area contributed by atoms with Gasteiger partial charge in [0.05, 0.1) is 9.79 Å². The Bertz CT molecular complexity index is 1090. The molecule has 0 atom stereocenters. The van der Waals surface area contributed by atoms with Crippen molar-refractivity contribution >= 4 is 130 Å². The first-order valence-electron chi connectivity index (χ1n) is 5.30. The average Bonchev–Trinajstić information content (AvgIpc) is 2.33. The van der Waals surface area contributed by atoms with Crippen molar-refractivity contribution in [3.05, 3.63) is 30.3 Å². The zero-order chi connectivity index (χ0) is 16.9. The third kappa shape index (κ3) is 7.07. The van der Waals surface area contributed by atoms with E-state index in [1.165, 1.54) is 0 Å². The van der Waals surface area contributed by atoms with Crippen molar-refractivity contribution in [2.75, 3.05) is 0 Å². The molecule has 0 saturated heterocycles. The monoisotopic (exact) mass is 437 g/mol. The van der Waals surface area contributed by atoms with Crippen LogP contribution in [0.15, 0.2) is 45.0 Å². The molecule has 0 spiro atoms. The van der Waals surface area contributed by atoms with Gasteiger partial charge >= 0.3 is 0 Å². The SMILES string of the molecule is O=S(=O)(O)c1cc(S(=O)(=O)O)c2cc(S(=O)(=O)O)ccc2c1.[Na].[Na].[Na]. The second-order valence-corrected chi connectivity index (χ2v) is 8.46. The van der Waals surface area contributed by atoms with E-state index >= 15 is 0 Å². The third-order valence-electron chi connectivity index (χ3n) is 2.73. The van der Waals surface area contributed by atoms with Crippen LogP contribution in [0.5, 0.6) is 0 Å². The summed E-state index contributed by atoms with van der Waals surface area (Å²) >= 11 is 0. The van der Waals surface area contributed by atoms with E-state index in [0.29, 0.717) is 6.07 Å².